The number of morpholine rings is 1. The van der Waals surface area contributed by atoms with Crippen LogP contribution in [-0.2, 0) is 9.53 Å². The van der Waals surface area contributed by atoms with Gasteiger partial charge in [-0.1, -0.05) is 15.9 Å². The summed E-state index contributed by atoms with van der Waals surface area (Å²) < 4.78 is 6.47. The number of hydrogen-bond donors (Lipinski definition) is 2. The number of hydrogen-bond acceptors (Lipinski definition) is 3. The summed E-state index contributed by atoms with van der Waals surface area (Å²) in [6.45, 7) is 2.29. The minimum Gasteiger partial charge on any atom is -0.375 e. The molecule has 1 aromatic carbocycles. The van der Waals surface area contributed by atoms with E-state index in [1.165, 1.54) is 0 Å². The molecule has 1 aliphatic rings. The Morgan fingerprint density at radius 1 is 1.44 bits per heavy atom. The fourth-order valence-electron chi connectivity index (χ4n) is 1.70. The van der Waals surface area contributed by atoms with Crippen molar-refractivity contribution in [2.75, 3.05) is 25.0 Å². The van der Waals surface area contributed by atoms with E-state index < -0.39 is 0 Å². The third-order valence-corrected chi connectivity index (χ3v) is 3.07. The quantitative estimate of drug-likeness (QED) is 0.890. The Bertz CT molecular complexity index is 380. The molecule has 0 saturated carbocycles. The van der Waals surface area contributed by atoms with Crippen LogP contribution in [0.3, 0.4) is 0 Å². The van der Waals surface area contributed by atoms with Gasteiger partial charge in [0.25, 0.3) is 0 Å². The van der Waals surface area contributed by atoms with E-state index >= 15 is 0 Å². The molecule has 2 N–H and O–H groups in total. The summed E-state index contributed by atoms with van der Waals surface area (Å²) in [6.07, 6.45) is 0.377. The zero-order valence-electron chi connectivity index (χ0n) is 9.82. The molecule has 0 spiro atoms. The van der Waals surface area contributed by atoms with Crippen LogP contribution in [0, 0.1) is 0 Å². The molecule has 0 aromatic heterocycles. The number of carbonyl (C=O) groups excluding carboxylic acids is 1. The zero-order chi connectivity index (χ0) is 12.1. The Hall–Kier alpha value is -0.620. The van der Waals surface area contributed by atoms with Gasteiger partial charge in [0.05, 0.1) is 19.1 Å². The molecule has 2 rings (SSSR count). The standard InChI is InChI=1S/C12H15BrN2O2.ClH/c13-9-1-3-10(4-2-9)15-12(16)7-11-8-14-5-6-17-11;/h1-4,11,14H,5-8H2,(H,15,16);1H. The Kier molecular flexibility index (Phi) is 6.63. The summed E-state index contributed by atoms with van der Waals surface area (Å²) in [5, 5.41) is 6.05. The second kappa shape index (κ2) is 7.74. The van der Waals surface area contributed by atoms with Gasteiger partial charge >= 0.3 is 0 Å². The number of carbonyl (C=O) groups is 1. The van der Waals surface area contributed by atoms with Crippen LogP contribution in [0.1, 0.15) is 6.42 Å². The van der Waals surface area contributed by atoms with Gasteiger partial charge in [0.15, 0.2) is 0 Å². The van der Waals surface area contributed by atoms with E-state index in [1.807, 2.05) is 24.3 Å². The van der Waals surface area contributed by atoms with Crippen molar-refractivity contribution in [2.45, 2.75) is 12.5 Å². The second-order valence-electron chi connectivity index (χ2n) is 3.96. The molecular formula is C12H16BrClN2O2. The second-order valence-corrected chi connectivity index (χ2v) is 4.87. The van der Waals surface area contributed by atoms with Crippen molar-refractivity contribution in [1.82, 2.24) is 5.32 Å². The normalized spacial score (nSPS) is 18.8. The van der Waals surface area contributed by atoms with Crippen LogP contribution in [0.2, 0.25) is 0 Å². The highest BCUT2D eigenvalue weighted by atomic mass is 79.9. The predicted octanol–water partition coefficient (Wildman–Crippen LogP) is 2.19. The Morgan fingerprint density at radius 3 is 2.78 bits per heavy atom. The number of nitrogens with one attached hydrogen (secondary N) is 2. The summed E-state index contributed by atoms with van der Waals surface area (Å²) in [6, 6.07) is 7.52. The van der Waals surface area contributed by atoms with Crippen LogP contribution < -0.4 is 10.6 Å². The fourth-order valence-corrected chi connectivity index (χ4v) is 1.97. The maximum atomic E-state index is 11.7. The number of rotatable bonds is 3. The van der Waals surface area contributed by atoms with E-state index in [-0.39, 0.29) is 24.4 Å². The number of amides is 1. The van der Waals surface area contributed by atoms with Crippen LogP contribution in [0.5, 0.6) is 0 Å². The summed E-state index contributed by atoms with van der Waals surface area (Å²) in [4.78, 5) is 11.7. The molecule has 4 nitrogen and oxygen atoms in total. The van der Waals surface area contributed by atoms with Gasteiger partial charge in [-0.15, -0.1) is 12.4 Å². The smallest absolute Gasteiger partial charge is 0.227 e. The maximum Gasteiger partial charge on any atom is 0.227 e. The lowest BCUT2D eigenvalue weighted by atomic mass is 10.2. The van der Waals surface area contributed by atoms with Crippen LogP contribution in [0.15, 0.2) is 28.7 Å². The first kappa shape index (κ1) is 15.4. The lowest BCUT2D eigenvalue weighted by Crippen LogP contribution is -2.40. The SMILES string of the molecule is Cl.O=C(CC1CNCCO1)Nc1ccc(Br)cc1. The van der Waals surface area contributed by atoms with Crippen LogP contribution >= 0.6 is 28.3 Å². The van der Waals surface area contributed by atoms with Crippen molar-refractivity contribution in [3.05, 3.63) is 28.7 Å². The first-order valence-corrected chi connectivity index (χ1v) is 6.41. The first-order valence-electron chi connectivity index (χ1n) is 5.62. The van der Waals surface area contributed by atoms with Gasteiger partial charge in [0.2, 0.25) is 5.91 Å². The molecule has 0 radical (unpaired) electrons. The van der Waals surface area contributed by atoms with Gasteiger partial charge < -0.3 is 15.4 Å². The van der Waals surface area contributed by atoms with Crippen molar-refractivity contribution >= 4 is 39.9 Å². The summed E-state index contributed by atoms with van der Waals surface area (Å²) in [7, 11) is 0. The van der Waals surface area contributed by atoms with E-state index in [0.29, 0.717) is 13.0 Å². The molecule has 100 valence electrons. The number of anilines is 1. The fraction of sp³-hybridized carbons (Fsp3) is 0.417. The summed E-state index contributed by atoms with van der Waals surface area (Å²) in [5.41, 5.74) is 0.807. The molecule has 18 heavy (non-hydrogen) atoms. The van der Waals surface area contributed by atoms with Gasteiger partial charge in [0.1, 0.15) is 0 Å². The third-order valence-electron chi connectivity index (χ3n) is 2.55. The van der Waals surface area contributed by atoms with E-state index in [9.17, 15) is 4.79 Å². The molecule has 6 heteroatoms. The molecule has 1 unspecified atom stereocenters. The van der Waals surface area contributed by atoms with Crippen molar-refractivity contribution in [2.24, 2.45) is 0 Å². The topological polar surface area (TPSA) is 50.4 Å². The predicted molar refractivity (Wildman–Crippen MR) is 77.2 cm³/mol. The van der Waals surface area contributed by atoms with Gasteiger partial charge in [-0.3, -0.25) is 4.79 Å². The average Bonchev–Trinajstić information content (AvgIpc) is 2.33. The highest BCUT2D eigenvalue weighted by molar-refractivity contribution is 9.10. The molecule has 1 heterocycles. The van der Waals surface area contributed by atoms with Crippen molar-refractivity contribution in [1.29, 1.82) is 0 Å². The van der Waals surface area contributed by atoms with E-state index in [2.05, 4.69) is 26.6 Å². The van der Waals surface area contributed by atoms with Crippen molar-refractivity contribution in [3.63, 3.8) is 0 Å². The summed E-state index contributed by atoms with van der Waals surface area (Å²) >= 11 is 3.35. The molecular weight excluding hydrogens is 320 g/mol. The Morgan fingerprint density at radius 2 is 2.17 bits per heavy atom. The molecule has 0 aliphatic carbocycles. The highest BCUT2D eigenvalue weighted by Gasteiger charge is 2.17. The number of ether oxygens (including phenoxy) is 1. The van der Waals surface area contributed by atoms with Crippen molar-refractivity contribution in [3.8, 4) is 0 Å². The minimum atomic E-state index is -0.0146. The molecule has 1 atom stereocenters. The monoisotopic (exact) mass is 334 g/mol. The number of benzene rings is 1. The first-order chi connectivity index (χ1) is 8.24. The summed E-state index contributed by atoms with van der Waals surface area (Å²) in [5.74, 6) is -0.0129. The lowest BCUT2D eigenvalue weighted by Gasteiger charge is -2.23. The molecule has 1 aliphatic heterocycles. The third kappa shape index (κ3) is 4.94. The van der Waals surface area contributed by atoms with Crippen molar-refractivity contribution < 1.29 is 9.53 Å². The van der Waals surface area contributed by atoms with Gasteiger partial charge in [0, 0.05) is 23.2 Å². The lowest BCUT2D eigenvalue weighted by molar-refractivity contribution is -0.119. The Balaban J connectivity index is 0.00000162. The molecule has 1 saturated heterocycles. The molecule has 1 fully saturated rings. The zero-order valence-corrected chi connectivity index (χ0v) is 12.2. The van der Waals surface area contributed by atoms with Gasteiger partial charge in [-0.25, -0.2) is 0 Å². The maximum absolute atomic E-state index is 11.7. The number of halogens is 2. The average molecular weight is 336 g/mol. The highest BCUT2D eigenvalue weighted by Crippen LogP contribution is 2.14. The largest absolute Gasteiger partial charge is 0.375 e. The van der Waals surface area contributed by atoms with E-state index in [4.69, 9.17) is 4.74 Å². The molecule has 1 amide bonds. The molecule has 0 bridgehead atoms. The van der Waals surface area contributed by atoms with E-state index in [0.717, 1.165) is 23.2 Å². The van der Waals surface area contributed by atoms with E-state index in [1.54, 1.807) is 0 Å². The van der Waals surface area contributed by atoms with Crippen LogP contribution in [0.25, 0.3) is 0 Å². The van der Waals surface area contributed by atoms with Gasteiger partial charge in [-0.2, -0.15) is 0 Å². The van der Waals surface area contributed by atoms with Crippen LogP contribution in [-0.4, -0.2) is 31.7 Å². The molecule has 1 aromatic rings. The van der Waals surface area contributed by atoms with Crippen LogP contribution in [0.4, 0.5) is 5.69 Å². The minimum absolute atomic E-state index is 0. The Labute approximate surface area is 121 Å². The van der Waals surface area contributed by atoms with Gasteiger partial charge in [-0.05, 0) is 24.3 Å².